The van der Waals surface area contributed by atoms with Crippen molar-refractivity contribution in [2.45, 2.75) is 6.92 Å². The molecule has 0 aliphatic carbocycles. The number of benzene rings is 1. The molecule has 0 atom stereocenters. The van der Waals surface area contributed by atoms with Gasteiger partial charge in [0.15, 0.2) is 3.92 Å². The van der Waals surface area contributed by atoms with Gasteiger partial charge in [-0.05, 0) is 40.5 Å². The van der Waals surface area contributed by atoms with Crippen molar-refractivity contribution >= 4 is 38.1 Å². The highest BCUT2D eigenvalue weighted by atomic mass is 79.9. The van der Waals surface area contributed by atoms with E-state index in [0.717, 1.165) is 35.2 Å². The predicted octanol–water partition coefficient (Wildman–Crippen LogP) is 2.94. The van der Waals surface area contributed by atoms with Gasteiger partial charge in [-0.3, -0.25) is 0 Å². The number of hydrogen-bond acceptors (Lipinski definition) is 5. The van der Waals surface area contributed by atoms with Crippen LogP contribution in [0.2, 0.25) is 0 Å². The highest BCUT2D eigenvalue weighted by molar-refractivity contribution is 9.11. The third kappa shape index (κ3) is 2.90. The Kier molecular flexibility index (Phi) is 3.70. The second-order valence-corrected chi connectivity index (χ2v) is 6.88. The average Bonchev–Trinajstić information content (AvgIpc) is 2.86. The largest absolute Gasteiger partial charge is 0.368 e. The van der Waals surface area contributed by atoms with Crippen LogP contribution in [0.15, 0.2) is 28.2 Å². The molecule has 0 amide bonds. The molecule has 0 saturated carbocycles. The summed E-state index contributed by atoms with van der Waals surface area (Å²) in [5.74, 6) is 0. The fourth-order valence-corrected chi connectivity index (χ4v) is 3.45. The third-order valence-corrected chi connectivity index (χ3v) is 4.72. The lowest BCUT2D eigenvalue weighted by Gasteiger charge is -2.35. The minimum absolute atomic E-state index is 0.851. The van der Waals surface area contributed by atoms with E-state index in [1.807, 2.05) is 0 Å². The summed E-state index contributed by atoms with van der Waals surface area (Å²) in [6.07, 6.45) is 0. The summed E-state index contributed by atoms with van der Waals surface area (Å²) in [6.45, 7) is 6.19. The maximum Gasteiger partial charge on any atom is 0.209 e. The van der Waals surface area contributed by atoms with Crippen LogP contribution >= 0.6 is 27.3 Å². The van der Waals surface area contributed by atoms with E-state index >= 15 is 0 Å². The van der Waals surface area contributed by atoms with Crippen molar-refractivity contribution in [2.75, 3.05) is 36.0 Å². The molecule has 1 aliphatic heterocycles. The number of rotatable bonds is 2. The normalized spacial score (nSPS) is 15.9. The van der Waals surface area contributed by atoms with Crippen molar-refractivity contribution in [2.24, 2.45) is 0 Å². The van der Waals surface area contributed by atoms with E-state index < -0.39 is 0 Å². The van der Waals surface area contributed by atoms with E-state index in [2.05, 4.69) is 67.1 Å². The molecule has 6 heteroatoms. The van der Waals surface area contributed by atoms with Crippen LogP contribution in [0.4, 0.5) is 10.8 Å². The number of piperazine rings is 1. The Bertz CT molecular complexity index is 563. The molecular formula is C13H15BrN4S. The fraction of sp³-hybridized carbons (Fsp3) is 0.385. The molecule has 0 radical (unpaired) electrons. The quantitative estimate of drug-likeness (QED) is 0.842. The third-order valence-electron chi connectivity index (χ3n) is 3.31. The number of hydrogen-bond donors (Lipinski definition) is 0. The summed E-state index contributed by atoms with van der Waals surface area (Å²) >= 11 is 4.96. The molecular weight excluding hydrogens is 324 g/mol. The van der Waals surface area contributed by atoms with Crippen LogP contribution in [0, 0.1) is 6.92 Å². The lowest BCUT2D eigenvalue weighted by Crippen LogP contribution is -2.46. The van der Waals surface area contributed by atoms with E-state index in [9.17, 15) is 0 Å². The molecule has 1 aromatic heterocycles. The van der Waals surface area contributed by atoms with Gasteiger partial charge in [-0.15, -0.1) is 10.2 Å². The zero-order valence-electron chi connectivity index (χ0n) is 10.7. The first-order valence-corrected chi connectivity index (χ1v) is 7.89. The number of aryl methyl sites for hydroxylation is 1. The predicted molar refractivity (Wildman–Crippen MR) is 83.2 cm³/mol. The molecule has 4 nitrogen and oxygen atoms in total. The van der Waals surface area contributed by atoms with Crippen molar-refractivity contribution in [3.63, 3.8) is 0 Å². The molecule has 2 aromatic rings. The van der Waals surface area contributed by atoms with Crippen molar-refractivity contribution in [3.8, 4) is 0 Å². The molecule has 100 valence electrons. The second kappa shape index (κ2) is 5.46. The first-order chi connectivity index (χ1) is 9.22. The van der Waals surface area contributed by atoms with Gasteiger partial charge in [0.1, 0.15) is 0 Å². The van der Waals surface area contributed by atoms with Crippen LogP contribution in [0.5, 0.6) is 0 Å². The Labute approximate surface area is 125 Å². The molecule has 1 aromatic carbocycles. The van der Waals surface area contributed by atoms with Crippen LogP contribution in [-0.2, 0) is 0 Å². The lowest BCUT2D eigenvalue weighted by molar-refractivity contribution is 0.649. The second-order valence-electron chi connectivity index (χ2n) is 4.65. The highest BCUT2D eigenvalue weighted by Crippen LogP contribution is 2.26. The van der Waals surface area contributed by atoms with Gasteiger partial charge in [-0.1, -0.05) is 23.5 Å². The van der Waals surface area contributed by atoms with Crippen LogP contribution < -0.4 is 9.80 Å². The summed E-state index contributed by atoms with van der Waals surface area (Å²) in [6, 6.07) is 8.69. The molecule has 19 heavy (non-hydrogen) atoms. The number of aromatic nitrogens is 2. The molecule has 3 rings (SSSR count). The van der Waals surface area contributed by atoms with Crippen molar-refractivity contribution in [1.29, 1.82) is 0 Å². The highest BCUT2D eigenvalue weighted by Gasteiger charge is 2.20. The van der Waals surface area contributed by atoms with Gasteiger partial charge in [-0.2, -0.15) is 0 Å². The van der Waals surface area contributed by atoms with Crippen molar-refractivity contribution in [1.82, 2.24) is 10.2 Å². The first kappa shape index (κ1) is 12.9. The Morgan fingerprint density at radius 1 is 1.11 bits per heavy atom. The Morgan fingerprint density at radius 2 is 1.84 bits per heavy atom. The first-order valence-electron chi connectivity index (χ1n) is 6.28. The molecule has 0 unspecified atom stereocenters. The Hall–Kier alpha value is -1.14. The summed E-state index contributed by atoms with van der Waals surface area (Å²) < 4.78 is 0.851. The maximum absolute atomic E-state index is 4.18. The smallest absolute Gasteiger partial charge is 0.209 e. The lowest BCUT2D eigenvalue weighted by atomic mass is 10.2. The van der Waals surface area contributed by atoms with E-state index in [1.165, 1.54) is 11.3 Å². The van der Waals surface area contributed by atoms with E-state index in [1.54, 1.807) is 11.3 Å². The van der Waals surface area contributed by atoms with E-state index in [4.69, 9.17) is 0 Å². The fourth-order valence-electron chi connectivity index (χ4n) is 2.31. The average molecular weight is 339 g/mol. The van der Waals surface area contributed by atoms with Crippen LogP contribution in [-0.4, -0.2) is 36.4 Å². The van der Waals surface area contributed by atoms with Gasteiger partial charge >= 0.3 is 0 Å². The molecule has 1 fully saturated rings. The zero-order chi connectivity index (χ0) is 13.2. The van der Waals surface area contributed by atoms with Gasteiger partial charge in [-0.25, -0.2) is 0 Å². The SMILES string of the molecule is Cc1cccc(N2CCN(c3nnc(Br)s3)CC2)c1. The Balaban J connectivity index is 1.66. The number of anilines is 2. The van der Waals surface area contributed by atoms with Crippen LogP contribution in [0.3, 0.4) is 0 Å². The van der Waals surface area contributed by atoms with E-state index in [-0.39, 0.29) is 0 Å². The minimum atomic E-state index is 0.851. The van der Waals surface area contributed by atoms with Gasteiger partial charge < -0.3 is 9.80 Å². The Morgan fingerprint density at radius 3 is 2.47 bits per heavy atom. The van der Waals surface area contributed by atoms with Crippen molar-refractivity contribution in [3.05, 3.63) is 33.7 Å². The summed E-state index contributed by atoms with van der Waals surface area (Å²) in [4.78, 5) is 4.73. The van der Waals surface area contributed by atoms with Crippen LogP contribution in [0.25, 0.3) is 0 Å². The van der Waals surface area contributed by atoms with Crippen molar-refractivity contribution < 1.29 is 0 Å². The van der Waals surface area contributed by atoms with Gasteiger partial charge in [0.25, 0.3) is 0 Å². The summed E-state index contributed by atoms with van der Waals surface area (Å²) in [5.41, 5.74) is 2.63. The van der Waals surface area contributed by atoms with Crippen LogP contribution in [0.1, 0.15) is 5.56 Å². The van der Waals surface area contributed by atoms with Gasteiger partial charge in [0.05, 0.1) is 0 Å². The van der Waals surface area contributed by atoms with Gasteiger partial charge in [0.2, 0.25) is 5.13 Å². The molecule has 1 aliphatic rings. The molecule has 2 heterocycles. The monoisotopic (exact) mass is 338 g/mol. The number of nitrogens with zero attached hydrogens (tertiary/aromatic N) is 4. The van der Waals surface area contributed by atoms with Gasteiger partial charge in [0, 0.05) is 31.9 Å². The standard InChI is InChI=1S/C13H15BrN4S/c1-10-3-2-4-11(9-10)17-5-7-18(8-6-17)13-16-15-12(14)19-13/h2-4,9H,5-8H2,1H3. The summed E-state index contributed by atoms with van der Waals surface area (Å²) in [7, 11) is 0. The minimum Gasteiger partial charge on any atom is -0.368 e. The van der Waals surface area contributed by atoms with E-state index in [0.29, 0.717) is 0 Å². The maximum atomic E-state index is 4.18. The molecule has 0 N–H and O–H groups in total. The number of halogens is 1. The molecule has 0 bridgehead atoms. The zero-order valence-corrected chi connectivity index (χ0v) is 13.1. The molecule has 0 spiro atoms. The topological polar surface area (TPSA) is 32.3 Å². The summed E-state index contributed by atoms with van der Waals surface area (Å²) in [5, 5.41) is 9.20. The molecule has 1 saturated heterocycles.